The van der Waals surface area contributed by atoms with Crippen LogP contribution in [0.5, 0.6) is 0 Å². The van der Waals surface area contributed by atoms with Crippen LogP contribution in [0.2, 0.25) is 0 Å². The van der Waals surface area contributed by atoms with E-state index >= 15 is 0 Å². The Kier molecular flexibility index (Phi) is 5.32. The number of hydrogen-bond acceptors (Lipinski definition) is 4. The summed E-state index contributed by atoms with van der Waals surface area (Å²) in [6.07, 6.45) is 5.16. The number of likely N-dealkylation sites (tertiary alicyclic amines) is 1. The van der Waals surface area contributed by atoms with Gasteiger partial charge >= 0.3 is 0 Å². The van der Waals surface area contributed by atoms with Crippen LogP contribution in [0.15, 0.2) is 18.5 Å². The van der Waals surface area contributed by atoms with Gasteiger partial charge in [0.2, 0.25) is 0 Å². The average molecular weight is 287 g/mol. The molecule has 0 unspecified atom stereocenters. The predicted octanol–water partition coefficient (Wildman–Crippen LogP) is 0.592. The molecule has 1 N–H and O–H groups in total. The molecule has 0 bridgehead atoms. The Labute approximate surface area is 125 Å². The van der Waals surface area contributed by atoms with Crippen LogP contribution in [-0.2, 0) is 0 Å². The van der Waals surface area contributed by atoms with Crippen LogP contribution in [0.4, 0.5) is 0 Å². The Morgan fingerprint density at radius 3 is 2.76 bits per heavy atom. The van der Waals surface area contributed by atoms with E-state index in [1.54, 1.807) is 18.5 Å². The van der Waals surface area contributed by atoms with E-state index in [9.17, 15) is 4.79 Å². The fraction of sp³-hybridized carbons (Fsp3) is 0.500. The average Bonchev–Trinajstić information content (AvgIpc) is 2.52. The van der Waals surface area contributed by atoms with Crippen LogP contribution >= 0.6 is 0 Å². The monoisotopic (exact) mass is 287 g/mol. The highest BCUT2D eigenvalue weighted by Gasteiger charge is 2.24. The zero-order valence-corrected chi connectivity index (χ0v) is 12.5. The first-order valence-electron chi connectivity index (χ1n) is 7.12. The molecule has 1 aliphatic rings. The first-order valence-corrected chi connectivity index (χ1v) is 7.12. The summed E-state index contributed by atoms with van der Waals surface area (Å²) < 4.78 is 0. The number of aliphatic hydroxyl groups excluding tert-OH is 1. The van der Waals surface area contributed by atoms with Crippen LogP contribution in [0.25, 0.3) is 0 Å². The topological polar surface area (TPSA) is 56.7 Å². The minimum Gasteiger partial charge on any atom is -0.384 e. The van der Waals surface area contributed by atoms with Gasteiger partial charge in [0.1, 0.15) is 6.61 Å². The lowest BCUT2D eigenvalue weighted by Gasteiger charge is -2.35. The van der Waals surface area contributed by atoms with Crippen molar-refractivity contribution in [2.24, 2.45) is 0 Å². The van der Waals surface area contributed by atoms with Crippen molar-refractivity contribution in [1.29, 1.82) is 0 Å². The lowest BCUT2D eigenvalue weighted by molar-refractivity contribution is 0.0663. The molecule has 0 atom stereocenters. The fourth-order valence-corrected chi connectivity index (χ4v) is 2.53. The zero-order valence-electron chi connectivity index (χ0n) is 12.5. The second kappa shape index (κ2) is 7.21. The predicted molar refractivity (Wildman–Crippen MR) is 80.8 cm³/mol. The third kappa shape index (κ3) is 4.03. The number of amides is 1. The number of nitrogens with zero attached hydrogens (tertiary/aromatic N) is 3. The van der Waals surface area contributed by atoms with Gasteiger partial charge in [-0.25, -0.2) is 0 Å². The molecule has 1 aromatic rings. The molecule has 0 spiro atoms. The Hall–Kier alpha value is -1.90. The molecular formula is C16H21N3O2. The van der Waals surface area contributed by atoms with Crippen LogP contribution in [-0.4, -0.2) is 65.6 Å². The Balaban J connectivity index is 2.04. The van der Waals surface area contributed by atoms with Crippen LogP contribution < -0.4 is 0 Å². The molecule has 1 saturated heterocycles. The molecule has 21 heavy (non-hydrogen) atoms. The van der Waals surface area contributed by atoms with Crippen molar-refractivity contribution in [3.63, 3.8) is 0 Å². The number of pyridine rings is 1. The second-order valence-electron chi connectivity index (χ2n) is 5.41. The first kappa shape index (κ1) is 15.5. The minimum absolute atomic E-state index is 0.00681. The summed E-state index contributed by atoms with van der Waals surface area (Å²) in [6, 6.07) is 2.28. The van der Waals surface area contributed by atoms with Gasteiger partial charge in [0.15, 0.2) is 0 Å². The second-order valence-corrected chi connectivity index (χ2v) is 5.41. The molecule has 2 rings (SSSR count). The summed E-state index contributed by atoms with van der Waals surface area (Å²) in [5.41, 5.74) is 1.21. The van der Waals surface area contributed by atoms with E-state index in [0.29, 0.717) is 17.2 Å². The van der Waals surface area contributed by atoms with Crippen LogP contribution in [0.3, 0.4) is 0 Å². The number of hydrogen-bond donors (Lipinski definition) is 1. The first-order chi connectivity index (χ1) is 10.1. The summed E-state index contributed by atoms with van der Waals surface area (Å²) in [5, 5.41) is 8.71. The van der Waals surface area contributed by atoms with Crippen molar-refractivity contribution in [3.8, 4) is 11.8 Å². The SMILES string of the molecule is CN(C)C1CCN(C(=O)c2cncc(C#CCO)c2)CC1. The zero-order chi connectivity index (χ0) is 15.2. The van der Waals surface area contributed by atoms with Gasteiger partial charge in [-0.1, -0.05) is 11.8 Å². The molecule has 1 fully saturated rings. The molecule has 0 radical (unpaired) electrons. The normalized spacial score (nSPS) is 15.7. The molecule has 1 aromatic heterocycles. The lowest BCUT2D eigenvalue weighted by atomic mass is 10.0. The van der Waals surface area contributed by atoms with E-state index in [4.69, 9.17) is 5.11 Å². The Morgan fingerprint density at radius 1 is 1.43 bits per heavy atom. The molecule has 2 heterocycles. The molecular weight excluding hydrogens is 266 g/mol. The molecule has 1 amide bonds. The lowest BCUT2D eigenvalue weighted by Crippen LogP contribution is -2.44. The number of rotatable bonds is 2. The van der Waals surface area contributed by atoms with E-state index in [2.05, 4.69) is 35.8 Å². The number of carbonyl (C=O) groups is 1. The summed E-state index contributed by atoms with van der Waals surface area (Å²) >= 11 is 0. The number of carbonyl (C=O) groups excluding carboxylic acids is 1. The standard InChI is InChI=1S/C16H21N3O2/c1-18(2)15-5-7-19(8-6-15)16(21)14-10-13(4-3-9-20)11-17-12-14/h10-12,15,20H,5-9H2,1-2H3. The highest BCUT2D eigenvalue weighted by atomic mass is 16.2. The van der Waals surface area contributed by atoms with Crippen LogP contribution in [0, 0.1) is 11.8 Å². The van der Waals surface area contributed by atoms with Crippen molar-refractivity contribution in [3.05, 3.63) is 29.6 Å². The van der Waals surface area contributed by atoms with E-state index in [1.807, 2.05) is 4.90 Å². The number of aromatic nitrogens is 1. The molecule has 0 aliphatic carbocycles. The van der Waals surface area contributed by atoms with Crippen molar-refractivity contribution in [2.45, 2.75) is 18.9 Å². The van der Waals surface area contributed by atoms with E-state index in [1.165, 1.54) is 0 Å². The van der Waals surface area contributed by atoms with E-state index < -0.39 is 0 Å². The van der Waals surface area contributed by atoms with E-state index in [-0.39, 0.29) is 12.5 Å². The maximum atomic E-state index is 12.5. The third-order valence-electron chi connectivity index (χ3n) is 3.78. The molecule has 1 aliphatic heterocycles. The molecule has 5 nitrogen and oxygen atoms in total. The minimum atomic E-state index is -0.198. The number of aliphatic hydroxyl groups is 1. The van der Waals surface area contributed by atoms with Gasteiger partial charge in [0.05, 0.1) is 5.56 Å². The summed E-state index contributed by atoms with van der Waals surface area (Å²) in [5.74, 6) is 5.35. The van der Waals surface area contributed by atoms with Gasteiger partial charge in [-0.3, -0.25) is 9.78 Å². The molecule has 0 saturated carbocycles. The van der Waals surface area contributed by atoms with Crippen molar-refractivity contribution in [2.75, 3.05) is 33.8 Å². The molecule has 5 heteroatoms. The maximum Gasteiger partial charge on any atom is 0.255 e. The fourth-order valence-electron chi connectivity index (χ4n) is 2.53. The maximum absolute atomic E-state index is 12.5. The van der Waals surface area contributed by atoms with Gasteiger partial charge in [0, 0.05) is 37.1 Å². The molecule has 112 valence electrons. The van der Waals surface area contributed by atoms with Crippen molar-refractivity contribution < 1.29 is 9.90 Å². The van der Waals surface area contributed by atoms with Gasteiger partial charge in [-0.2, -0.15) is 0 Å². The summed E-state index contributed by atoms with van der Waals surface area (Å²) in [7, 11) is 4.16. The molecule has 0 aromatic carbocycles. The summed E-state index contributed by atoms with van der Waals surface area (Å²) in [6.45, 7) is 1.35. The third-order valence-corrected chi connectivity index (χ3v) is 3.78. The van der Waals surface area contributed by atoms with Crippen molar-refractivity contribution in [1.82, 2.24) is 14.8 Å². The van der Waals surface area contributed by atoms with Gasteiger partial charge in [0.25, 0.3) is 5.91 Å². The van der Waals surface area contributed by atoms with Crippen LogP contribution in [0.1, 0.15) is 28.8 Å². The number of piperidine rings is 1. The van der Waals surface area contributed by atoms with Gasteiger partial charge in [-0.15, -0.1) is 0 Å². The van der Waals surface area contributed by atoms with Crippen molar-refractivity contribution >= 4 is 5.91 Å². The largest absolute Gasteiger partial charge is 0.384 e. The van der Waals surface area contributed by atoms with E-state index in [0.717, 1.165) is 25.9 Å². The highest BCUT2D eigenvalue weighted by molar-refractivity contribution is 5.94. The summed E-state index contributed by atoms with van der Waals surface area (Å²) in [4.78, 5) is 20.6. The highest BCUT2D eigenvalue weighted by Crippen LogP contribution is 2.16. The Morgan fingerprint density at radius 2 is 2.14 bits per heavy atom. The Bertz CT molecular complexity index is 552. The van der Waals surface area contributed by atoms with Gasteiger partial charge < -0.3 is 14.9 Å². The smallest absolute Gasteiger partial charge is 0.255 e. The van der Waals surface area contributed by atoms with Gasteiger partial charge in [-0.05, 0) is 33.0 Å². The quantitative estimate of drug-likeness (QED) is 0.809.